The first kappa shape index (κ1) is 20.7. The van der Waals surface area contributed by atoms with Crippen molar-refractivity contribution in [2.24, 2.45) is 14.1 Å². The molecule has 0 saturated heterocycles. The van der Waals surface area contributed by atoms with Crippen molar-refractivity contribution < 1.29 is 4.74 Å². The maximum atomic E-state index is 13.7. The lowest BCUT2D eigenvalue weighted by atomic mass is 10.1. The zero-order chi connectivity index (χ0) is 23.7. The Hall–Kier alpha value is -3.84. The molecular weight excluding hydrogens is 446 g/mol. The average Bonchev–Trinajstić information content (AvgIpc) is 3.48. The van der Waals surface area contributed by atoms with Crippen molar-refractivity contribution in [3.8, 4) is 22.7 Å². The van der Waals surface area contributed by atoms with Crippen LogP contribution in [0.2, 0.25) is 0 Å². The Labute approximate surface area is 199 Å². The summed E-state index contributed by atoms with van der Waals surface area (Å²) in [5.74, 6) is 0.743. The molecule has 5 aromatic rings. The molecule has 0 saturated carbocycles. The zero-order valence-corrected chi connectivity index (χ0v) is 20.1. The fraction of sp³-hybridized carbons (Fsp3) is 0.185. The van der Waals surface area contributed by atoms with Gasteiger partial charge in [0, 0.05) is 14.1 Å². The molecule has 2 aromatic carbocycles. The van der Waals surface area contributed by atoms with Gasteiger partial charge in [0.2, 0.25) is 0 Å². The molecule has 1 aliphatic rings. The number of fused-ring (bicyclic) bond motifs is 5. The number of aryl methyl sites for hydroxylation is 3. The summed E-state index contributed by atoms with van der Waals surface area (Å²) < 4.78 is 11.5. The van der Waals surface area contributed by atoms with Crippen LogP contribution in [0.3, 0.4) is 0 Å². The van der Waals surface area contributed by atoms with E-state index in [1.54, 1.807) is 23.0 Å². The third kappa shape index (κ3) is 2.80. The summed E-state index contributed by atoms with van der Waals surface area (Å²) in [6, 6.07) is 18.3. The molecule has 0 N–H and O–H groups in total. The Morgan fingerprint density at radius 3 is 2.35 bits per heavy atom. The highest BCUT2D eigenvalue weighted by Crippen LogP contribution is 2.47. The Morgan fingerprint density at radius 1 is 0.912 bits per heavy atom. The molecule has 1 aliphatic heterocycles. The first-order valence-electron chi connectivity index (χ1n) is 11.1. The number of nitrogens with zero attached hydrogens (tertiary/aromatic N) is 3. The summed E-state index contributed by atoms with van der Waals surface area (Å²) in [6.45, 7) is 4.08. The molecule has 0 radical (unpaired) electrons. The van der Waals surface area contributed by atoms with Gasteiger partial charge in [-0.25, -0.2) is 4.79 Å². The van der Waals surface area contributed by atoms with E-state index in [-0.39, 0.29) is 11.2 Å². The van der Waals surface area contributed by atoms with Crippen molar-refractivity contribution in [3.63, 3.8) is 0 Å². The number of hydrogen-bond donors (Lipinski definition) is 0. The number of rotatable bonds is 2. The van der Waals surface area contributed by atoms with Crippen molar-refractivity contribution in [2.75, 3.05) is 0 Å². The number of benzene rings is 2. The monoisotopic (exact) mass is 469 g/mol. The minimum absolute atomic E-state index is 0.310. The number of aromatic nitrogens is 3. The van der Waals surface area contributed by atoms with Gasteiger partial charge in [-0.3, -0.25) is 13.9 Å². The molecule has 0 bridgehead atoms. The lowest BCUT2D eigenvalue weighted by Gasteiger charge is -2.29. The second-order valence-corrected chi connectivity index (χ2v) is 9.83. The molecule has 1 atom stereocenters. The van der Waals surface area contributed by atoms with E-state index in [1.165, 1.54) is 11.6 Å². The first-order valence-corrected chi connectivity index (χ1v) is 12.0. The largest absolute Gasteiger partial charge is 0.476 e. The summed E-state index contributed by atoms with van der Waals surface area (Å²) in [4.78, 5) is 27.7. The lowest BCUT2D eigenvalue weighted by Crippen LogP contribution is -2.37. The molecule has 0 aliphatic carbocycles. The summed E-state index contributed by atoms with van der Waals surface area (Å²) in [5.41, 5.74) is 5.50. The van der Waals surface area contributed by atoms with Crippen LogP contribution in [0.1, 0.15) is 27.8 Å². The highest BCUT2D eigenvalue weighted by Gasteiger charge is 2.36. The van der Waals surface area contributed by atoms with Gasteiger partial charge >= 0.3 is 5.69 Å². The van der Waals surface area contributed by atoms with Crippen LogP contribution in [0, 0.1) is 13.8 Å². The van der Waals surface area contributed by atoms with E-state index in [9.17, 15) is 9.59 Å². The van der Waals surface area contributed by atoms with Crippen LogP contribution in [0.25, 0.3) is 27.8 Å². The molecule has 0 spiro atoms. The standard InChI is InChI=1S/C27H23N3O3S/c1-15-7-10-17(11-8-15)22-21-23(28(3)27(32)29(4)26(21)31)24-25(20-6-5-13-34-20)33-19-12-9-16(2)14-18(19)30(22)24/h5-14,25H,1-4H3/t25-/m0/s1. The van der Waals surface area contributed by atoms with Gasteiger partial charge in [0.25, 0.3) is 5.56 Å². The van der Waals surface area contributed by atoms with Crippen LogP contribution in [0.15, 0.2) is 69.6 Å². The Kier molecular flexibility index (Phi) is 4.47. The summed E-state index contributed by atoms with van der Waals surface area (Å²) in [7, 11) is 3.26. The Balaban J connectivity index is 1.89. The van der Waals surface area contributed by atoms with Crippen molar-refractivity contribution in [1.29, 1.82) is 0 Å². The van der Waals surface area contributed by atoms with E-state index in [0.717, 1.165) is 44.4 Å². The second-order valence-electron chi connectivity index (χ2n) is 8.85. The van der Waals surface area contributed by atoms with E-state index in [2.05, 4.69) is 10.6 Å². The fourth-order valence-electron chi connectivity index (χ4n) is 4.89. The van der Waals surface area contributed by atoms with Crippen LogP contribution < -0.4 is 16.0 Å². The van der Waals surface area contributed by atoms with E-state index >= 15 is 0 Å². The van der Waals surface area contributed by atoms with E-state index in [4.69, 9.17) is 4.74 Å². The molecule has 6 rings (SSSR count). The molecule has 0 unspecified atom stereocenters. The SMILES string of the molecule is Cc1ccc(-c2c3c(=O)n(C)c(=O)n(C)c3c3n2-c2cc(C)ccc2O[C@H]3c2cccs2)cc1. The van der Waals surface area contributed by atoms with Gasteiger partial charge in [-0.2, -0.15) is 0 Å². The summed E-state index contributed by atoms with van der Waals surface area (Å²) in [6.07, 6.45) is -0.449. The Morgan fingerprint density at radius 2 is 1.65 bits per heavy atom. The highest BCUT2D eigenvalue weighted by molar-refractivity contribution is 7.10. The van der Waals surface area contributed by atoms with E-state index < -0.39 is 6.10 Å². The molecule has 34 heavy (non-hydrogen) atoms. The maximum Gasteiger partial charge on any atom is 0.331 e. The van der Waals surface area contributed by atoms with Gasteiger partial charge in [-0.15, -0.1) is 11.3 Å². The van der Waals surface area contributed by atoms with Crippen molar-refractivity contribution in [2.45, 2.75) is 20.0 Å². The van der Waals surface area contributed by atoms with E-state index in [0.29, 0.717) is 10.9 Å². The van der Waals surface area contributed by atoms with Crippen LogP contribution in [0.4, 0.5) is 0 Å². The predicted molar refractivity (Wildman–Crippen MR) is 135 cm³/mol. The fourth-order valence-corrected chi connectivity index (χ4v) is 5.64. The first-order chi connectivity index (χ1) is 16.4. The Bertz CT molecular complexity index is 1700. The average molecular weight is 470 g/mol. The van der Waals surface area contributed by atoms with Gasteiger partial charge in [-0.05, 0) is 48.6 Å². The highest BCUT2D eigenvalue weighted by atomic mass is 32.1. The second kappa shape index (κ2) is 7.33. The van der Waals surface area contributed by atoms with Crippen LogP contribution in [0.5, 0.6) is 5.75 Å². The number of hydrogen-bond acceptors (Lipinski definition) is 4. The van der Waals surface area contributed by atoms with Crippen molar-refractivity contribution >= 4 is 22.2 Å². The van der Waals surface area contributed by atoms with Crippen LogP contribution in [-0.2, 0) is 14.1 Å². The molecule has 170 valence electrons. The third-order valence-electron chi connectivity index (χ3n) is 6.58. The lowest BCUT2D eigenvalue weighted by molar-refractivity contribution is 0.233. The predicted octanol–water partition coefficient (Wildman–Crippen LogP) is 4.86. The molecule has 4 heterocycles. The van der Waals surface area contributed by atoms with Crippen molar-refractivity contribution in [1.82, 2.24) is 13.7 Å². The smallest absolute Gasteiger partial charge is 0.331 e. The number of thiophene rings is 1. The van der Waals surface area contributed by atoms with Crippen LogP contribution in [-0.4, -0.2) is 13.7 Å². The molecule has 6 nitrogen and oxygen atoms in total. The molecule has 0 fully saturated rings. The molecule has 3 aromatic heterocycles. The van der Waals surface area contributed by atoms with Gasteiger partial charge in [0.1, 0.15) is 5.75 Å². The molecule has 0 amide bonds. The topological polar surface area (TPSA) is 58.2 Å². The van der Waals surface area contributed by atoms with Gasteiger partial charge in [0.05, 0.1) is 32.9 Å². The molecule has 7 heteroatoms. The summed E-state index contributed by atoms with van der Waals surface area (Å²) >= 11 is 1.59. The van der Waals surface area contributed by atoms with Crippen molar-refractivity contribution in [3.05, 3.63) is 103 Å². The maximum absolute atomic E-state index is 13.7. The normalized spacial score (nSPS) is 14.6. The minimum Gasteiger partial charge on any atom is -0.476 e. The van der Waals surface area contributed by atoms with E-state index in [1.807, 2.05) is 67.8 Å². The number of ether oxygens (including phenoxy) is 1. The minimum atomic E-state index is -0.449. The summed E-state index contributed by atoms with van der Waals surface area (Å²) in [5, 5.41) is 2.53. The van der Waals surface area contributed by atoms with Crippen LogP contribution >= 0.6 is 11.3 Å². The zero-order valence-electron chi connectivity index (χ0n) is 19.3. The third-order valence-corrected chi connectivity index (χ3v) is 7.50. The quantitative estimate of drug-likeness (QED) is 0.371. The van der Waals surface area contributed by atoms with Gasteiger partial charge < -0.3 is 9.30 Å². The molecular formula is C27H23N3O3S. The van der Waals surface area contributed by atoms with Gasteiger partial charge in [0.15, 0.2) is 6.10 Å². The van der Waals surface area contributed by atoms with Gasteiger partial charge in [-0.1, -0.05) is 42.0 Å².